The topological polar surface area (TPSA) is 60.2 Å². The highest BCUT2D eigenvalue weighted by Gasteiger charge is 2.33. The van der Waals surface area contributed by atoms with Crippen LogP contribution in [-0.2, 0) is 9.84 Å². The van der Waals surface area contributed by atoms with E-state index in [-0.39, 0.29) is 10.9 Å². The van der Waals surface area contributed by atoms with Crippen molar-refractivity contribution in [2.24, 2.45) is 5.73 Å². The van der Waals surface area contributed by atoms with Crippen LogP contribution < -0.4 is 5.73 Å². The Morgan fingerprint density at radius 3 is 2.47 bits per heavy atom. The average Bonchev–Trinajstić information content (AvgIpc) is 2.34. The molecule has 5 heteroatoms. The number of rotatable bonds is 2. The van der Waals surface area contributed by atoms with Gasteiger partial charge in [0.25, 0.3) is 0 Å². The quantitative estimate of drug-likeness (QED) is 0.908. The van der Waals surface area contributed by atoms with Gasteiger partial charge >= 0.3 is 0 Å². The molecule has 0 amide bonds. The molecule has 3 nitrogen and oxygen atoms in total. The van der Waals surface area contributed by atoms with E-state index in [1.807, 2.05) is 0 Å². The third-order valence-corrected chi connectivity index (χ3v) is 6.07. The second-order valence-electron chi connectivity index (χ2n) is 5.20. The van der Waals surface area contributed by atoms with Crippen molar-refractivity contribution < 1.29 is 12.8 Å². The van der Waals surface area contributed by atoms with Gasteiger partial charge in [0.1, 0.15) is 5.82 Å². The fourth-order valence-corrected chi connectivity index (χ4v) is 4.65. The minimum Gasteiger partial charge on any atom is -0.327 e. The number of hydrogen-bond donors (Lipinski definition) is 1. The van der Waals surface area contributed by atoms with Crippen molar-refractivity contribution in [3.05, 3.63) is 30.1 Å². The van der Waals surface area contributed by atoms with Crippen molar-refractivity contribution in [1.82, 2.24) is 0 Å². The highest BCUT2D eigenvalue weighted by Crippen LogP contribution is 2.27. The van der Waals surface area contributed by atoms with E-state index in [1.54, 1.807) is 0 Å². The lowest BCUT2D eigenvalue weighted by atomic mass is 9.97. The monoisotopic (exact) mass is 285 g/mol. The Hall–Kier alpha value is -0.940. The summed E-state index contributed by atoms with van der Waals surface area (Å²) in [5, 5.41) is -0.588. The van der Waals surface area contributed by atoms with Gasteiger partial charge < -0.3 is 5.73 Å². The minimum absolute atomic E-state index is 0.0496. The highest BCUT2D eigenvalue weighted by atomic mass is 32.2. The van der Waals surface area contributed by atoms with E-state index >= 15 is 0 Å². The molecule has 2 unspecified atom stereocenters. The molecule has 1 aromatic carbocycles. The van der Waals surface area contributed by atoms with Gasteiger partial charge in [-0.2, -0.15) is 0 Å². The second-order valence-corrected chi connectivity index (χ2v) is 7.36. The maximum Gasteiger partial charge on any atom is 0.182 e. The van der Waals surface area contributed by atoms with Gasteiger partial charge in [0.2, 0.25) is 0 Å². The Morgan fingerprint density at radius 2 is 1.79 bits per heavy atom. The Balaban J connectivity index is 2.31. The molecule has 0 saturated heterocycles. The van der Waals surface area contributed by atoms with Crippen molar-refractivity contribution in [2.75, 3.05) is 0 Å². The summed E-state index contributed by atoms with van der Waals surface area (Å²) < 4.78 is 38.3. The molecular formula is C14H20FNO2S. The van der Waals surface area contributed by atoms with E-state index < -0.39 is 20.9 Å². The summed E-state index contributed by atoms with van der Waals surface area (Å²) in [4.78, 5) is 0.0496. The van der Waals surface area contributed by atoms with Gasteiger partial charge in [-0.1, -0.05) is 31.7 Å². The van der Waals surface area contributed by atoms with Crippen LogP contribution in [0.5, 0.6) is 0 Å². The molecule has 2 atom stereocenters. The third kappa shape index (κ3) is 3.34. The molecule has 106 valence electrons. The second kappa shape index (κ2) is 6.01. The Labute approximate surface area is 113 Å². The van der Waals surface area contributed by atoms with Gasteiger partial charge in [0, 0.05) is 6.04 Å². The number of halogens is 1. The van der Waals surface area contributed by atoms with E-state index in [0.717, 1.165) is 38.2 Å². The molecule has 1 aromatic rings. The number of hydrogen-bond acceptors (Lipinski definition) is 3. The summed E-state index contributed by atoms with van der Waals surface area (Å²) in [7, 11) is -3.54. The Kier molecular flexibility index (Phi) is 4.58. The molecule has 2 N–H and O–H groups in total. The summed E-state index contributed by atoms with van der Waals surface area (Å²) in [6.07, 6.45) is 5.28. The van der Waals surface area contributed by atoms with E-state index in [2.05, 4.69) is 0 Å². The standard InChI is InChI=1S/C14H20FNO2S/c15-11-6-5-7-12(10-11)19(17,18)14-9-4-2-1-3-8-13(14)16/h5-7,10,13-14H,1-4,8-9,16H2. The first-order valence-electron chi connectivity index (χ1n) is 6.77. The van der Waals surface area contributed by atoms with Crippen molar-refractivity contribution >= 4 is 9.84 Å². The first-order valence-corrected chi connectivity index (χ1v) is 8.31. The molecule has 0 aromatic heterocycles. The molecule has 19 heavy (non-hydrogen) atoms. The van der Waals surface area contributed by atoms with Crippen LogP contribution in [0.15, 0.2) is 29.2 Å². The van der Waals surface area contributed by atoms with Crippen LogP contribution in [0.1, 0.15) is 38.5 Å². The minimum atomic E-state index is -3.54. The van der Waals surface area contributed by atoms with Crippen LogP contribution in [0.25, 0.3) is 0 Å². The molecule has 0 spiro atoms. The fourth-order valence-electron chi connectivity index (χ4n) is 2.68. The molecule has 0 heterocycles. The van der Waals surface area contributed by atoms with Crippen LogP contribution >= 0.6 is 0 Å². The molecule has 0 radical (unpaired) electrons. The highest BCUT2D eigenvalue weighted by molar-refractivity contribution is 7.92. The predicted molar refractivity (Wildman–Crippen MR) is 73.1 cm³/mol. The number of benzene rings is 1. The van der Waals surface area contributed by atoms with E-state index in [4.69, 9.17) is 5.73 Å². The normalized spacial score (nSPS) is 25.6. The lowest BCUT2D eigenvalue weighted by Gasteiger charge is -2.26. The summed E-state index contributed by atoms with van der Waals surface area (Å²) in [6.45, 7) is 0. The van der Waals surface area contributed by atoms with Crippen molar-refractivity contribution in [1.29, 1.82) is 0 Å². The zero-order valence-electron chi connectivity index (χ0n) is 10.9. The molecular weight excluding hydrogens is 265 g/mol. The SMILES string of the molecule is NC1CCCCCCC1S(=O)(=O)c1cccc(F)c1. The van der Waals surface area contributed by atoms with Gasteiger partial charge in [-0.05, 0) is 31.0 Å². The first kappa shape index (κ1) is 14.5. The van der Waals surface area contributed by atoms with Gasteiger partial charge in [-0.25, -0.2) is 12.8 Å². The molecule has 0 bridgehead atoms. The summed E-state index contributed by atoms with van der Waals surface area (Å²) in [6, 6.07) is 4.85. The Bertz CT molecular complexity index is 530. The summed E-state index contributed by atoms with van der Waals surface area (Å²) in [5.74, 6) is -0.527. The third-order valence-electron chi connectivity index (χ3n) is 3.78. The molecule has 1 fully saturated rings. The molecule has 1 aliphatic carbocycles. The van der Waals surface area contributed by atoms with Crippen LogP contribution in [0.3, 0.4) is 0 Å². The molecule has 1 saturated carbocycles. The van der Waals surface area contributed by atoms with E-state index in [0.29, 0.717) is 6.42 Å². The lowest BCUT2D eigenvalue weighted by molar-refractivity contribution is 0.444. The van der Waals surface area contributed by atoms with Gasteiger partial charge in [-0.3, -0.25) is 0 Å². The van der Waals surface area contributed by atoms with Crippen LogP contribution in [0, 0.1) is 5.82 Å². The molecule has 0 aliphatic heterocycles. The van der Waals surface area contributed by atoms with Crippen molar-refractivity contribution in [3.63, 3.8) is 0 Å². The molecule has 2 rings (SSSR count). The Morgan fingerprint density at radius 1 is 1.11 bits per heavy atom. The van der Waals surface area contributed by atoms with Crippen LogP contribution in [-0.4, -0.2) is 19.7 Å². The zero-order valence-corrected chi connectivity index (χ0v) is 11.7. The maximum absolute atomic E-state index is 13.2. The number of nitrogens with two attached hydrogens (primary N) is 1. The lowest BCUT2D eigenvalue weighted by Crippen LogP contribution is -2.41. The summed E-state index contributed by atoms with van der Waals surface area (Å²) >= 11 is 0. The molecule has 1 aliphatic rings. The zero-order chi connectivity index (χ0) is 13.9. The number of sulfone groups is 1. The van der Waals surface area contributed by atoms with Crippen molar-refractivity contribution in [2.45, 2.75) is 54.7 Å². The van der Waals surface area contributed by atoms with Crippen LogP contribution in [0.2, 0.25) is 0 Å². The maximum atomic E-state index is 13.2. The van der Waals surface area contributed by atoms with Gasteiger partial charge in [0.15, 0.2) is 9.84 Å². The van der Waals surface area contributed by atoms with E-state index in [9.17, 15) is 12.8 Å². The van der Waals surface area contributed by atoms with Gasteiger partial charge in [0.05, 0.1) is 10.1 Å². The largest absolute Gasteiger partial charge is 0.327 e. The van der Waals surface area contributed by atoms with Crippen LogP contribution in [0.4, 0.5) is 4.39 Å². The smallest absolute Gasteiger partial charge is 0.182 e. The summed E-state index contributed by atoms with van der Waals surface area (Å²) in [5.41, 5.74) is 6.04. The predicted octanol–water partition coefficient (Wildman–Crippen LogP) is 2.65. The average molecular weight is 285 g/mol. The fraction of sp³-hybridized carbons (Fsp3) is 0.571. The van der Waals surface area contributed by atoms with Crippen molar-refractivity contribution in [3.8, 4) is 0 Å². The van der Waals surface area contributed by atoms with E-state index in [1.165, 1.54) is 18.2 Å². The first-order chi connectivity index (χ1) is 9.01. The van der Waals surface area contributed by atoms with Gasteiger partial charge in [-0.15, -0.1) is 0 Å².